The van der Waals surface area contributed by atoms with Crippen molar-refractivity contribution >= 4 is 35.8 Å². The van der Waals surface area contributed by atoms with Gasteiger partial charge in [-0.15, -0.1) is 24.0 Å². The molecule has 1 aromatic carbocycles. The first-order valence-electron chi connectivity index (χ1n) is 9.10. The van der Waals surface area contributed by atoms with Crippen LogP contribution >= 0.6 is 24.0 Å². The Hall–Kier alpha value is -2.03. The van der Waals surface area contributed by atoms with Crippen molar-refractivity contribution < 1.29 is 9.21 Å². The Morgan fingerprint density at radius 2 is 1.78 bits per heavy atom. The van der Waals surface area contributed by atoms with Crippen molar-refractivity contribution in [2.45, 2.75) is 33.9 Å². The molecule has 27 heavy (non-hydrogen) atoms. The van der Waals surface area contributed by atoms with Crippen molar-refractivity contribution in [2.24, 2.45) is 4.99 Å². The first-order valence-corrected chi connectivity index (χ1v) is 9.10. The van der Waals surface area contributed by atoms with Crippen molar-refractivity contribution in [1.29, 1.82) is 0 Å². The quantitative estimate of drug-likeness (QED) is 0.341. The van der Waals surface area contributed by atoms with Crippen LogP contribution in [0.3, 0.4) is 0 Å². The second-order valence-corrected chi connectivity index (χ2v) is 5.80. The average molecular weight is 484 g/mol. The van der Waals surface area contributed by atoms with Crippen LogP contribution in [-0.2, 0) is 13.1 Å². The van der Waals surface area contributed by atoms with Gasteiger partial charge in [0.2, 0.25) is 0 Å². The standard InChI is InChI=1S/C20H28N4O2.HI/c1-4-21-20(23-15-18-8-7-13-26-18)22-14-16-9-11-17(12-10-16)19(25)24(5-2)6-3;/h7-13H,4-6,14-15H2,1-3H3,(H2,21,22,23);1H. The van der Waals surface area contributed by atoms with Gasteiger partial charge in [0, 0.05) is 25.2 Å². The van der Waals surface area contributed by atoms with Gasteiger partial charge in [-0.1, -0.05) is 12.1 Å². The molecular formula is C20H29IN4O2. The molecule has 7 heteroatoms. The van der Waals surface area contributed by atoms with E-state index in [0.717, 1.165) is 36.9 Å². The summed E-state index contributed by atoms with van der Waals surface area (Å²) in [5.41, 5.74) is 1.76. The maximum atomic E-state index is 12.3. The number of amides is 1. The Bertz CT molecular complexity index is 695. The molecule has 0 aliphatic carbocycles. The number of nitrogens with one attached hydrogen (secondary N) is 2. The molecule has 1 aromatic heterocycles. The molecule has 0 unspecified atom stereocenters. The van der Waals surface area contributed by atoms with E-state index in [4.69, 9.17) is 4.42 Å². The molecule has 0 fully saturated rings. The number of benzene rings is 1. The van der Waals surface area contributed by atoms with E-state index in [0.29, 0.717) is 18.7 Å². The van der Waals surface area contributed by atoms with Crippen LogP contribution in [0.2, 0.25) is 0 Å². The molecule has 0 spiro atoms. The molecule has 0 saturated heterocycles. The lowest BCUT2D eigenvalue weighted by atomic mass is 10.1. The van der Waals surface area contributed by atoms with Crippen LogP contribution in [0.5, 0.6) is 0 Å². The molecule has 2 aromatic rings. The molecule has 0 radical (unpaired) electrons. The second-order valence-electron chi connectivity index (χ2n) is 5.80. The third-order valence-electron chi connectivity index (χ3n) is 4.03. The predicted octanol–water partition coefficient (Wildman–Crippen LogP) is 3.63. The Morgan fingerprint density at radius 1 is 1.07 bits per heavy atom. The minimum absolute atomic E-state index is 0. The number of halogens is 1. The van der Waals surface area contributed by atoms with Crippen LogP contribution in [0.1, 0.15) is 42.5 Å². The van der Waals surface area contributed by atoms with Gasteiger partial charge in [0.25, 0.3) is 5.91 Å². The van der Waals surface area contributed by atoms with Crippen LogP contribution in [0.15, 0.2) is 52.1 Å². The van der Waals surface area contributed by atoms with Crippen LogP contribution in [0.25, 0.3) is 0 Å². The van der Waals surface area contributed by atoms with Gasteiger partial charge in [0.15, 0.2) is 5.96 Å². The van der Waals surface area contributed by atoms with E-state index in [1.165, 1.54) is 0 Å². The molecule has 2 N–H and O–H groups in total. The van der Waals surface area contributed by atoms with Gasteiger partial charge in [-0.3, -0.25) is 4.79 Å². The fraction of sp³-hybridized carbons (Fsp3) is 0.400. The van der Waals surface area contributed by atoms with Gasteiger partial charge >= 0.3 is 0 Å². The summed E-state index contributed by atoms with van der Waals surface area (Å²) in [6.07, 6.45) is 1.65. The summed E-state index contributed by atoms with van der Waals surface area (Å²) in [7, 11) is 0. The first-order chi connectivity index (χ1) is 12.7. The summed E-state index contributed by atoms with van der Waals surface area (Å²) in [4.78, 5) is 18.7. The van der Waals surface area contributed by atoms with Gasteiger partial charge < -0.3 is 20.0 Å². The van der Waals surface area contributed by atoms with E-state index in [2.05, 4.69) is 15.6 Å². The van der Waals surface area contributed by atoms with Crippen molar-refractivity contribution in [3.8, 4) is 0 Å². The average Bonchev–Trinajstić information content (AvgIpc) is 3.19. The lowest BCUT2D eigenvalue weighted by Crippen LogP contribution is -2.36. The van der Waals surface area contributed by atoms with Crippen molar-refractivity contribution in [1.82, 2.24) is 15.5 Å². The normalized spacial score (nSPS) is 10.9. The Labute approximate surface area is 178 Å². The highest BCUT2D eigenvalue weighted by molar-refractivity contribution is 14.0. The lowest BCUT2D eigenvalue weighted by Gasteiger charge is -2.18. The third kappa shape index (κ3) is 7.24. The maximum absolute atomic E-state index is 12.3. The van der Waals surface area contributed by atoms with Crippen molar-refractivity contribution in [2.75, 3.05) is 19.6 Å². The first kappa shape index (κ1) is 23.0. The number of nitrogens with zero attached hydrogens (tertiary/aromatic N) is 2. The minimum atomic E-state index is 0. The number of carbonyl (C=O) groups excluding carboxylic acids is 1. The molecular weight excluding hydrogens is 455 g/mol. The smallest absolute Gasteiger partial charge is 0.253 e. The molecule has 1 heterocycles. The zero-order valence-electron chi connectivity index (χ0n) is 16.2. The van der Waals surface area contributed by atoms with Crippen molar-refractivity contribution in [3.63, 3.8) is 0 Å². The molecule has 0 atom stereocenters. The van der Waals surface area contributed by atoms with Crippen LogP contribution in [0, 0.1) is 0 Å². The topological polar surface area (TPSA) is 69.9 Å². The maximum Gasteiger partial charge on any atom is 0.253 e. The molecule has 2 rings (SSSR count). The molecule has 0 aliphatic heterocycles. The van der Waals surface area contributed by atoms with Gasteiger partial charge in [-0.2, -0.15) is 0 Å². The fourth-order valence-corrected chi connectivity index (χ4v) is 2.54. The predicted molar refractivity (Wildman–Crippen MR) is 119 cm³/mol. The van der Waals surface area contributed by atoms with E-state index >= 15 is 0 Å². The molecule has 1 amide bonds. The Balaban J connectivity index is 0.00000364. The fourth-order valence-electron chi connectivity index (χ4n) is 2.54. The Kier molecular flexibility index (Phi) is 10.5. The zero-order valence-corrected chi connectivity index (χ0v) is 18.5. The van der Waals surface area contributed by atoms with Crippen LogP contribution < -0.4 is 10.6 Å². The Morgan fingerprint density at radius 3 is 2.33 bits per heavy atom. The summed E-state index contributed by atoms with van der Waals surface area (Å²) >= 11 is 0. The van der Waals surface area contributed by atoms with E-state index in [9.17, 15) is 4.79 Å². The minimum Gasteiger partial charge on any atom is -0.467 e. The highest BCUT2D eigenvalue weighted by Gasteiger charge is 2.11. The summed E-state index contributed by atoms with van der Waals surface area (Å²) in [5.74, 6) is 1.65. The molecule has 0 bridgehead atoms. The molecule has 148 valence electrons. The number of furan rings is 1. The number of carbonyl (C=O) groups is 1. The van der Waals surface area contributed by atoms with E-state index in [-0.39, 0.29) is 29.9 Å². The van der Waals surface area contributed by atoms with Crippen molar-refractivity contribution in [3.05, 3.63) is 59.5 Å². The monoisotopic (exact) mass is 484 g/mol. The summed E-state index contributed by atoms with van der Waals surface area (Å²) in [6, 6.07) is 11.4. The largest absolute Gasteiger partial charge is 0.467 e. The van der Waals surface area contributed by atoms with Gasteiger partial charge in [0.1, 0.15) is 5.76 Å². The van der Waals surface area contributed by atoms with E-state index in [1.54, 1.807) is 6.26 Å². The van der Waals surface area contributed by atoms with Crippen LogP contribution in [0.4, 0.5) is 0 Å². The summed E-state index contributed by atoms with van der Waals surface area (Å²) < 4.78 is 5.32. The lowest BCUT2D eigenvalue weighted by molar-refractivity contribution is 0.0773. The number of hydrogen-bond donors (Lipinski definition) is 2. The summed E-state index contributed by atoms with van der Waals surface area (Å²) in [5, 5.41) is 6.45. The summed E-state index contributed by atoms with van der Waals surface area (Å²) in [6.45, 7) is 9.33. The number of hydrogen-bond acceptors (Lipinski definition) is 3. The highest BCUT2D eigenvalue weighted by atomic mass is 127. The SMILES string of the molecule is CCNC(=NCc1ccc(C(=O)N(CC)CC)cc1)NCc1ccco1.I. The number of rotatable bonds is 8. The second kappa shape index (κ2) is 12.4. The van der Waals surface area contributed by atoms with E-state index < -0.39 is 0 Å². The highest BCUT2D eigenvalue weighted by Crippen LogP contribution is 2.09. The molecule has 6 nitrogen and oxygen atoms in total. The molecule has 0 saturated carbocycles. The number of guanidine groups is 1. The number of aliphatic imine (C=N–C) groups is 1. The van der Waals surface area contributed by atoms with Gasteiger partial charge in [-0.25, -0.2) is 4.99 Å². The third-order valence-corrected chi connectivity index (χ3v) is 4.03. The zero-order chi connectivity index (χ0) is 18.8. The van der Waals surface area contributed by atoms with Crippen LogP contribution in [-0.4, -0.2) is 36.4 Å². The van der Waals surface area contributed by atoms with E-state index in [1.807, 2.05) is 62.1 Å². The van der Waals surface area contributed by atoms with Gasteiger partial charge in [0.05, 0.1) is 19.4 Å². The van der Waals surface area contributed by atoms with Gasteiger partial charge in [-0.05, 0) is 50.6 Å². The molecule has 0 aliphatic rings.